The van der Waals surface area contributed by atoms with Crippen LogP contribution in [-0.4, -0.2) is 74.3 Å². The highest BCUT2D eigenvalue weighted by molar-refractivity contribution is 6.21. The van der Waals surface area contributed by atoms with Crippen LogP contribution in [0.3, 0.4) is 0 Å². The van der Waals surface area contributed by atoms with Gasteiger partial charge in [0.15, 0.2) is 11.3 Å². The van der Waals surface area contributed by atoms with Gasteiger partial charge in [-0.2, -0.15) is 0 Å². The van der Waals surface area contributed by atoms with Crippen LogP contribution in [0.25, 0.3) is 22.3 Å². The first-order chi connectivity index (χ1) is 18.7. The van der Waals surface area contributed by atoms with Crippen molar-refractivity contribution < 1.29 is 15.1 Å². The summed E-state index contributed by atoms with van der Waals surface area (Å²) < 4.78 is 3.94. The normalized spacial score (nSPS) is 11.9. The van der Waals surface area contributed by atoms with Crippen LogP contribution in [0.1, 0.15) is 33.6 Å². The molecule has 5 aromatic rings. The third-order valence-corrected chi connectivity index (χ3v) is 5.86. The van der Waals surface area contributed by atoms with E-state index >= 15 is 0 Å². The minimum atomic E-state index is -0.218. The van der Waals surface area contributed by atoms with Crippen LogP contribution in [0.4, 0.5) is 0 Å². The maximum atomic E-state index is 12.3. The minimum Gasteiger partial charge on any atom is -0.412 e. The second kappa shape index (κ2) is 13.7. The monoisotopic (exact) mass is 534 g/mol. The van der Waals surface area contributed by atoms with Crippen molar-refractivity contribution in [1.82, 2.24) is 43.9 Å². The zero-order chi connectivity index (χ0) is 26.9. The topological polar surface area (TPSA) is 234 Å². The molecule has 5 heterocycles. The first-order valence-electron chi connectivity index (χ1n) is 11.9. The molecule has 4 aromatic heterocycles. The molecule has 1 aromatic carbocycles. The fourth-order valence-corrected chi connectivity index (χ4v) is 4.07. The number of fused-ring (bicyclic) bond motifs is 3. The van der Waals surface area contributed by atoms with Crippen molar-refractivity contribution in [3.8, 4) is 0 Å². The third kappa shape index (κ3) is 6.24. The van der Waals surface area contributed by atoms with Gasteiger partial charge in [0.1, 0.15) is 23.7 Å². The van der Waals surface area contributed by atoms with Crippen molar-refractivity contribution >= 4 is 34.1 Å². The highest BCUT2D eigenvalue weighted by Gasteiger charge is 2.34. The molecular weight excluding hydrogens is 504 g/mol. The Morgan fingerprint density at radius 2 is 1.18 bits per heavy atom. The summed E-state index contributed by atoms with van der Waals surface area (Å²) >= 11 is 0. The molecule has 15 nitrogen and oxygen atoms in total. The number of aromatic nitrogens is 8. The van der Waals surface area contributed by atoms with Gasteiger partial charge in [0, 0.05) is 19.6 Å². The molecule has 0 atom stereocenters. The standard InChI is InChI=1S/C16H13N5O2.C8H11N5.H4N2.H2O/c22-15-11-4-1-2-5-12(11)16(23)21(15)7-3-6-20-10-19-14-13(20)8-17-9-18-14;9-2-1-3-13-6-12-8-7(13)4-10-5-11-8;1-2;/h1-2,4-5,8-10H,3,6-7H2;4-6H,1-3,9H2;1-2H2;1H2. The summed E-state index contributed by atoms with van der Waals surface area (Å²) in [5, 5.41) is 0. The molecule has 204 valence electrons. The quantitative estimate of drug-likeness (QED) is 0.139. The van der Waals surface area contributed by atoms with E-state index < -0.39 is 0 Å². The Bertz CT molecular complexity index is 1500. The molecule has 0 saturated carbocycles. The van der Waals surface area contributed by atoms with Crippen LogP contribution < -0.4 is 17.4 Å². The van der Waals surface area contributed by atoms with Crippen LogP contribution in [0.5, 0.6) is 0 Å². The number of imide groups is 1. The summed E-state index contributed by atoms with van der Waals surface area (Å²) in [5.74, 6) is 7.56. The fraction of sp³-hybridized carbons (Fsp3) is 0.250. The minimum absolute atomic E-state index is 0. The first kappa shape index (κ1) is 28.9. The molecule has 39 heavy (non-hydrogen) atoms. The lowest BCUT2D eigenvalue weighted by Crippen LogP contribution is -2.31. The number of hydrogen-bond donors (Lipinski definition) is 3. The number of hydrazine groups is 1. The van der Waals surface area contributed by atoms with Crippen LogP contribution in [0, 0.1) is 0 Å². The molecule has 1 aliphatic rings. The Kier molecular flexibility index (Phi) is 10.2. The highest BCUT2D eigenvalue weighted by Crippen LogP contribution is 2.22. The van der Waals surface area contributed by atoms with E-state index in [1.54, 1.807) is 49.3 Å². The second-order valence-corrected chi connectivity index (χ2v) is 8.14. The van der Waals surface area contributed by atoms with E-state index in [2.05, 4.69) is 41.6 Å². The van der Waals surface area contributed by atoms with Crippen molar-refractivity contribution in [2.75, 3.05) is 13.1 Å². The van der Waals surface area contributed by atoms with Crippen LogP contribution in [-0.2, 0) is 13.1 Å². The van der Waals surface area contributed by atoms with E-state index in [4.69, 9.17) is 5.73 Å². The lowest BCUT2D eigenvalue weighted by atomic mass is 10.1. The van der Waals surface area contributed by atoms with Crippen molar-refractivity contribution in [2.45, 2.75) is 25.9 Å². The zero-order valence-electron chi connectivity index (χ0n) is 21.1. The number of imidazole rings is 2. The average Bonchev–Trinajstić information content (AvgIpc) is 3.65. The fourth-order valence-electron chi connectivity index (χ4n) is 4.07. The van der Waals surface area contributed by atoms with E-state index in [0.29, 0.717) is 42.8 Å². The van der Waals surface area contributed by atoms with Gasteiger partial charge < -0.3 is 20.3 Å². The van der Waals surface area contributed by atoms with Gasteiger partial charge in [0.2, 0.25) is 0 Å². The predicted octanol–water partition coefficient (Wildman–Crippen LogP) is -0.318. The van der Waals surface area contributed by atoms with Gasteiger partial charge in [0.25, 0.3) is 11.8 Å². The maximum absolute atomic E-state index is 12.3. The second-order valence-electron chi connectivity index (χ2n) is 8.14. The van der Waals surface area contributed by atoms with Gasteiger partial charge in [-0.05, 0) is 31.5 Å². The Morgan fingerprint density at radius 1 is 0.692 bits per heavy atom. The maximum Gasteiger partial charge on any atom is 0.261 e. The van der Waals surface area contributed by atoms with Gasteiger partial charge in [0.05, 0.1) is 36.2 Å². The Labute approximate surface area is 223 Å². The smallest absolute Gasteiger partial charge is 0.261 e. The van der Waals surface area contributed by atoms with Gasteiger partial charge in [-0.1, -0.05) is 12.1 Å². The largest absolute Gasteiger partial charge is 0.412 e. The van der Waals surface area contributed by atoms with Crippen molar-refractivity contribution in [1.29, 1.82) is 0 Å². The number of nitrogens with two attached hydrogens (primary N) is 3. The molecule has 0 radical (unpaired) electrons. The Balaban J connectivity index is 0.000000225. The molecule has 15 heteroatoms. The number of rotatable bonds is 7. The lowest BCUT2D eigenvalue weighted by molar-refractivity contribution is 0.0651. The zero-order valence-corrected chi connectivity index (χ0v) is 21.1. The Hall–Kier alpha value is -4.70. The van der Waals surface area contributed by atoms with Crippen LogP contribution in [0.2, 0.25) is 0 Å². The number of hydrogen-bond acceptors (Lipinski definition) is 11. The molecule has 0 aliphatic carbocycles. The first-order valence-corrected chi connectivity index (χ1v) is 11.9. The molecule has 8 N–H and O–H groups in total. The molecule has 0 spiro atoms. The number of carbonyl (C=O) groups excluding carboxylic acids is 2. The number of carbonyl (C=O) groups is 2. The van der Waals surface area contributed by atoms with Gasteiger partial charge in [-0.15, -0.1) is 0 Å². The molecule has 0 bridgehead atoms. The number of aryl methyl sites for hydroxylation is 2. The van der Waals surface area contributed by atoms with E-state index in [-0.39, 0.29) is 17.3 Å². The summed E-state index contributed by atoms with van der Waals surface area (Å²) in [6.07, 6.45) is 11.5. The average molecular weight is 535 g/mol. The van der Waals surface area contributed by atoms with Crippen LogP contribution >= 0.6 is 0 Å². The van der Waals surface area contributed by atoms with Crippen molar-refractivity contribution in [2.24, 2.45) is 17.4 Å². The van der Waals surface area contributed by atoms with Crippen molar-refractivity contribution in [3.05, 3.63) is 73.1 Å². The SMILES string of the molecule is NCCCn1cnc2ncncc21.NN.O.O=C1c2ccccc2C(=O)N1CCCn1cnc2ncncc21. The number of amides is 2. The van der Waals surface area contributed by atoms with E-state index in [0.717, 1.165) is 29.6 Å². The number of nitrogens with zero attached hydrogens (tertiary/aromatic N) is 9. The van der Waals surface area contributed by atoms with E-state index in [1.807, 2.05) is 9.13 Å². The predicted molar refractivity (Wildman–Crippen MR) is 143 cm³/mol. The van der Waals surface area contributed by atoms with Crippen molar-refractivity contribution in [3.63, 3.8) is 0 Å². The molecule has 2 amide bonds. The number of benzene rings is 1. The lowest BCUT2D eigenvalue weighted by Gasteiger charge is -2.13. The molecule has 1 aliphatic heterocycles. The summed E-state index contributed by atoms with van der Waals surface area (Å²) in [7, 11) is 0. The van der Waals surface area contributed by atoms with Gasteiger partial charge in [-0.3, -0.25) is 26.2 Å². The summed E-state index contributed by atoms with van der Waals surface area (Å²) in [4.78, 5) is 50.3. The molecule has 0 saturated heterocycles. The summed E-state index contributed by atoms with van der Waals surface area (Å²) in [6.45, 7) is 2.57. The molecule has 6 rings (SSSR count). The summed E-state index contributed by atoms with van der Waals surface area (Å²) in [6, 6.07) is 6.92. The molecular formula is C24H30N12O3. The summed E-state index contributed by atoms with van der Waals surface area (Å²) in [5.41, 5.74) is 9.59. The van der Waals surface area contributed by atoms with Gasteiger partial charge >= 0.3 is 0 Å². The van der Waals surface area contributed by atoms with E-state index in [9.17, 15) is 9.59 Å². The van der Waals surface area contributed by atoms with Gasteiger partial charge in [-0.25, -0.2) is 29.9 Å². The Morgan fingerprint density at radius 3 is 1.67 bits per heavy atom. The highest BCUT2D eigenvalue weighted by atomic mass is 16.2. The molecule has 0 unspecified atom stereocenters. The molecule has 0 fully saturated rings. The van der Waals surface area contributed by atoms with Crippen LogP contribution in [0.15, 0.2) is 62.0 Å². The van der Waals surface area contributed by atoms with E-state index in [1.165, 1.54) is 17.6 Å². The third-order valence-electron chi connectivity index (χ3n) is 5.86.